The average Bonchev–Trinajstić information content (AvgIpc) is 2.23. The number of hydrogen-bond donors (Lipinski definition) is 0. The van der Waals surface area contributed by atoms with Gasteiger partial charge in [0.2, 0.25) is 0 Å². The fourth-order valence-corrected chi connectivity index (χ4v) is 1.23. The molecule has 1 aromatic heterocycles. The fourth-order valence-electron chi connectivity index (χ4n) is 1.23. The van der Waals surface area contributed by atoms with Crippen LogP contribution in [0.4, 0.5) is 0 Å². The summed E-state index contributed by atoms with van der Waals surface area (Å²) < 4.78 is 2.56. The molecule has 0 atom stereocenters. The van der Waals surface area contributed by atoms with E-state index in [-0.39, 0.29) is 17.2 Å². The molecule has 0 unspecified atom stereocenters. The maximum Gasteiger partial charge on any atom is 0.330 e. The molecule has 15 heavy (non-hydrogen) atoms. The van der Waals surface area contributed by atoms with Crippen molar-refractivity contribution in [2.45, 2.75) is 33.6 Å². The third-order valence-corrected chi connectivity index (χ3v) is 2.09. The Bertz CT molecular complexity index is 427. The van der Waals surface area contributed by atoms with E-state index >= 15 is 0 Å². The first-order valence-electron chi connectivity index (χ1n) is 5.21. The van der Waals surface area contributed by atoms with Crippen molar-refractivity contribution < 1.29 is 0 Å². The van der Waals surface area contributed by atoms with Gasteiger partial charge in [-0.25, -0.2) is 4.79 Å². The van der Waals surface area contributed by atoms with E-state index < -0.39 is 0 Å². The Balaban J connectivity index is 0.000000921. The molecular formula is C11H20N2O2. The zero-order valence-electron chi connectivity index (χ0n) is 10.4. The summed E-state index contributed by atoms with van der Waals surface area (Å²) in [6.45, 7) is 7.86. The summed E-state index contributed by atoms with van der Waals surface area (Å²) in [7, 11) is 3.14. The van der Waals surface area contributed by atoms with E-state index in [4.69, 9.17) is 0 Å². The number of aryl methyl sites for hydroxylation is 1. The van der Waals surface area contributed by atoms with Crippen LogP contribution in [0.1, 0.15) is 39.2 Å². The smallest absolute Gasteiger partial charge is 0.303 e. The van der Waals surface area contributed by atoms with Crippen molar-refractivity contribution in [1.29, 1.82) is 0 Å². The lowest BCUT2D eigenvalue weighted by Crippen LogP contribution is -2.38. The number of nitrogens with zero attached hydrogens (tertiary/aromatic N) is 2. The van der Waals surface area contributed by atoms with E-state index in [2.05, 4.69) is 0 Å². The molecule has 0 spiro atoms. The zero-order valence-corrected chi connectivity index (χ0v) is 10.4. The molecule has 0 aliphatic carbocycles. The van der Waals surface area contributed by atoms with Gasteiger partial charge in [0.1, 0.15) is 0 Å². The van der Waals surface area contributed by atoms with Crippen molar-refractivity contribution in [2.24, 2.45) is 14.1 Å². The quantitative estimate of drug-likeness (QED) is 0.703. The van der Waals surface area contributed by atoms with Gasteiger partial charge < -0.3 is 4.57 Å². The molecule has 0 saturated carbocycles. The van der Waals surface area contributed by atoms with Gasteiger partial charge >= 0.3 is 5.69 Å². The molecular weight excluding hydrogens is 192 g/mol. The summed E-state index contributed by atoms with van der Waals surface area (Å²) >= 11 is 0. The van der Waals surface area contributed by atoms with Crippen molar-refractivity contribution in [2.75, 3.05) is 0 Å². The van der Waals surface area contributed by atoms with E-state index in [1.165, 1.54) is 11.6 Å². The van der Waals surface area contributed by atoms with Crippen molar-refractivity contribution in [3.8, 4) is 0 Å². The maximum absolute atomic E-state index is 11.5. The molecule has 0 bridgehead atoms. The van der Waals surface area contributed by atoms with Crippen LogP contribution in [0.3, 0.4) is 0 Å². The van der Waals surface area contributed by atoms with Gasteiger partial charge in [0.05, 0.1) is 0 Å². The molecule has 0 aromatic carbocycles. The van der Waals surface area contributed by atoms with Crippen molar-refractivity contribution >= 4 is 0 Å². The number of hydrogen-bond acceptors (Lipinski definition) is 2. The summed E-state index contributed by atoms with van der Waals surface area (Å²) in [5.74, 6) is 0.144. The second-order valence-electron chi connectivity index (χ2n) is 3.50. The molecule has 0 radical (unpaired) electrons. The molecule has 0 aliphatic rings. The first-order chi connectivity index (χ1) is 6.95. The lowest BCUT2D eigenvalue weighted by molar-refractivity contribution is 0.653. The van der Waals surface area contributed by atoms with Crippen LogP contribution in [0.25, 0.3) is 0 Å². The van der Waals surface area contributed by atoms with Gasteiger partial charge in [-0.3, -0.25) is 9.36 Å². The van der Waals surface area contributed by atoms with E-state index in [1.807, 2.05) is 27.7 Å². The van der Waals surface area contributed by atoms with Crippen molar-refractivity contribution in [3.63, 3.8) is 0 Å². The molecule has 0 aliphatic heterocycles. The van der Waals surface area contributed by atoms with Crippen molar-refractivity contribution in [1.82, 2.24) is 9.13 Å². The molecule has 0 N–H and O–H groups in total. The van der Waals surface area contributed by atoms with Gasteiger partial charge in [0, 0.05) is 25.9 Å². The Morgan fingerprint density at radius 3 is 2.00 bits per heavy atom. The minimum Gasteiger partial charge on any atom is -0.303 e. The van der Waals surface area contributed by atoms with E-state index in [1.54, 1.807) is 13.2 Å². The first kappa shape index (κ1) is 13.7. The third-order valence-electron chi connectivity index (χ3n) is 2.09. The summed E-state index contributed by atoms with van der Waals surface area (Å²) in [6.07, 6.45) is 1.61. The minimum absolute atomic E-state index is 0.144. The van der Waals surface area contributed by atoms with E-state index in [0.29, 0.717) is 5.56 Å². The predicted octanol–water partition coefficient (Wildman–Crippen LogP) is 1.23. The highest BCUT2D eigenvalue weighted by atomic mass is 16.2. The Morgan fingerprint density at radius 1 is 1.13 bits per heavy atom. The summed E-state index contributed by atoms with van der Waals surface area (Å²) in [5, 5.41) is 0. The number of aromatic nitrogens is 2. The van der Waals surface area contributed by atoms with Crippen LogP contribution in [0.2, 0.25) is 0 Å². The molecule has 1 rings (SSSR count). The minimum atomic E-state index is -0.283. The van der Waals surface area contributed by atoms with Crippen LogP contribution in [0, 0.1) is 0 Å². The summed E-state index contributed by atoms with van der Waals surface area (Å²) in [5.41, 5.74) is 0.192. The summed E-state index contributed by atoms with van der Waals surface area (Å²) in [4.78, 5) is 22.8. The Kier molecular flexibility index (Phi) is 5.05. The van der Waals surface area contributed by atoms with Gasteiger partial charge in [0.25, 0.3) is 5.56 Å². The van der Waals surface area contributed by atoms with Gasteiger partial charge in [0.15, 0.2) is 0 Å². The second kappa shape index (κ2) is 5.53. The normalized spacial score (nSPS) is 9.80. The SMILES string of the molecule is CC.CC(C)c1cn(C)c(=O)n(C)c1=O. The molecule has 1 aromatic rings. The zero-order chi connectivity index (χ0) is 12.2. The Morgan fingerprint density at radius 2 is 1.60 bits per heavy atom. The van der Waals surface area contributed by atoms with Gasteiger partial charge in [-0.05, 0) is 5.92 Å². The Hall–Kier alpha value is -1.32. The van der Waals surface area contributed by atoms with Gasteiger partial charge in [-0.2, -0.15) is 0 Å². The largest absolute Gasteiger partial charge is 0.330 e. The Labute approximate surface area is 90.2 Å². The van der Waals surface area contributed by atoms with Gasteiger partial charge in [-0.15, -0.1) is 0 Å². The lowest BCUT2D eigenvalue weighted by Gasteiger charge is -2.08. The standard InChI is InChI=1S/C9H14N2O2.C2H6/c1-6(2)7-5-10(3)9(13)11(4)8(7)12;1-2/h5-6H,1-4H3;1-2H3. The summed E-state index contributed by atoms with van der Waals surface area (Å²) in [6, 6.07) is 0. The van der Waals surface area contributed by atoms with Crippen LogP contribution in [0.5, 0.6) is 0 Å². The van der Waals surface area contributed by atoms with Crippen LogP contribution in [-0.2, 0) is 14.1 Å². The molecule has 1 heterocycles. The molecule has 4 heteroatoms. The van der Waals surface area contributed by atoms with Gasteiger partial charge in [-0.1, -0.05) is 27.7 Å². The molecule has 0 fully saturated rings. The highest BCUT2D eigenvalue weighted by Gasteiger charge is 2.09. The molecule has 4 nitrogen and oxygen atoms in total. The van der Waals surface area contributed by atoms with Crippen LogP contribution in [-0.4, -0.2) is 9.13 Å². The lowest BCUT2D eigenvalue weighted by atomic mass is 10.1. The predicted molar refractivity (Wildman–Crippen MR) is 62.4 cm³/mol. The second-order valence-corrected chi connectivity index (χ2v) is 3.50. The third kappa shape index (κ3) is 2.81. The number of rotatable bonds is 1. The topological polar surface area (TPSA) is 44.0 Å². The van der Waals surface area contributed by atoms with Crippen LogP contribution < -0.4 is 11.2 Å². The maximum atomic E-state index is 11.5. The fraction of sp³-hybridized carbons (Fsp3) is 0.636. The van der Waals surface area contributed by atoms with Crippen LogP contribution in [0.15, 0.2) is 15.8 Å². The van der Waals surface area contributed by atoms with Crippen LogP contribution >= 0.6 is 0 Å². The van der Waals surface area contributed by atoms with E-state index in [9.17, 15) is 9.59 Å². The van der Waals surface area contributed by atoms with Crippen molar-refractivity contribution in [3.05, 3.63) is 32.6 Å². The average molecular weight is 212 g/mol. The first-order valence-corrected chi connectivity index (χ1v) is 5.21. The molecule has 0 saturated heterocycles. The molecule has 0 amide bonds. The molecule has 86 valence electrons. The highest BCUT2D eigenvalue weighted by molar-refractivity contribution is 5.09. The highest BCUT2D eigenvalue weighted by Crippen LogP contribution is 2.06. The van der Waals surface area contributed by atoms with E-state index in [0.717, 1.165) is 4.57 Å². The monoisotopic (exact) mass is 212 g/mol.